The van der Waals surface area contributed by atoms with Crippen LogP contribution < -0.4 is 10.1 Å². The molecule has 2 amide bonds. The standard InChI is InChI=1S/C18H16F3N3O3S/c19-18(20,21)27-14-6-2-1-4-12(14)7-8-15(25)24-10-3-5-13(24)16(26)23-17-22-9-11-28-17/h1-2,4,6-9,11,13H,3,5,10H2,(H,22,23,26)/b8-7+. The quantitative estimate of drug-likeness (QED) is 0.762. The van der Waals surface area contributed by atoms with E-state index in [2.05, 4.69) is 15.0 Å². The smallest absolute Gasteiger partial charge is 0.405 e. The summed E-state index contributed by atoms with van der Waals surface area (Å²) in [6, 6.07) is 4.86. The summed E-state index contributed by atoms with van der Waals surface area (Å²) >= 11 is 1.27. The average molecular weight is 411 g/mol. The summed E-state index contributed by atoms with van der Waals surface area (Å²) in [7, 11) is 0. The summed E-state index contributed by atoms with van der Waals surface area (Å²) in [5, 5.41) is 4.82. The Bertz CT molecular complexity index is 868. The van der Waals surface area contributed by atoms with Gasteiger partial charge in [-0.1, -0.05) is 18.2 Å². The van der Waals surface area contributed by atoms with Crippen molar-refractivity contribution in [3.8, 4) is 5.75 Å². The van der Waals surface area contributed by atoms with Crippen molar-refractivity contribution in [3.63, 3.8) is 0 Å². The first-order chi connectivity index (χ1) is 13.3. The number of rotatable bonds is 5. The van der Waals surface area contributed by atoms with E-state index in [4.69, 9.17) is 0 Å². The number of halogens is 3. The Kier molecular flexibility index (Phi) is 5.98. The number of aromatic nitrogens is 1. The summed E-state index contributed by atoms with van der Waals surface area (Å²) in [5.41, 5.74) is 0.108. The number of para-hydroxylation sites is 1. The van der Waals surface area contributed by atoms with E-state index in [0.29, 0.717) is 24.5 Å². The van der Waals surface area contributed by atoms with Gasteiger partial charge in [-0.05, 0) is 25.0 Å². The van der Waals surface area contributed by atoms with Gasteiger partial charge >= 0.3 is 6.36 Å². The summed E-state index contributed by atoms with van der Waals surface area (Å²) in [6.07, 6.45) is 0.280. The van der Waals surface area contributed by atoms with Crippen LogP contribution in [0.25, 0.3) is 6.08 Å². The molecule has 2 heterocycles. The number of ether oxygens (including phenoxy) is 1. The van der Waals surface area contributed by atoms with E-state index in [9.17, 15) is 22.8 Å². The summed E-state index contributed by atoms with van der Waals surface area (Å²) < 4.78 is 41.4. The van der Waals surface area contributed by atoms with Crippen LogP contribution in [-0.4, -0.2) is 40.6 Å². The fourth-order valence-corrected chi connectivity index (χ4v) is 3.40. The third-order valence-electron chi connectivity index (χ3n) is 4.05. The Labute approximate surface area is 162 Å². The molecule has 1 N–H and O–H groups in total. The molecule has 1 aliphatic heterocycles. The first kappa shape index (κ1) is 19.9. The number of hydrogen-bond acceptors (Lipinski definition) is 5. The third-order valence-corrected chi connectivity index (χ3v) is 4.74. The van der Waals surface area contributed by atoms with Crippen molar-refractivity contribution in [3.05, 3.63) is 47.5 Å². The minimum atomic E-state index is -4.83. The molecular formula is C18H16F3N3O3S. The fraction of sp³-hybridized carbons (Fsp3) is 0.278. The van der Waals surface area contributed by atoms with Crippen LogP contribution in [0, 0.1) is 0 Å². The number of carbonyl (C=O) groups is 2. The number of thiazole rings is 1. The Balaban J connectivity index is 1.69. The van der Waals surface area contributed by atoms with Crippen molar-refractivity contribution in [2.75, 3.05) is 11.9 Å². The SMILES string of the molecule is O=C(Nc1nccs1)C1CCCN1C(=O)/C=C/c1ccccc1OC(F)(F)F. The topological polar surface area (TPSA) is 71.5 Å². The molecule has 28 heavy (non-hydrogen) atoms. The normalized spacial score (nSPS) is 17.1. The van der Waals surface area contributed by atoms with Crippen molar-refractivity contribution in [1.82, 2.24) is 9.88 Å². The van der Waals surface area contributed by atoms with Crippen molar-refractivity contribution >= 4 is 34.4 Å². The molecule has 10 heteroatoms. The summed E-state index contributed by atoms with van der Waals surface area (Å²) in [4.78, 5) is 30.3. The number of nitrogens with one attached hydrogen (secondary N) is 1. The summed E-state index contributed by atoms with van der Waals surface area (Å²) in [5.74, 6) is -1.20. The van der Waals surface area contributed by atoms with Gasteiger partial charge in [0.1, 0.15) is 11.8 Å². The highest BCUT2D eigenvalue weighted by Gasteiger charge is 2.34. The highest BCUT2D eigenvalue weighted by molar-refractivity contribution is 7.13. The number of benzene rings is 1. The molecule has 3 rings (SSSR count). The van der Waals surface area contributed by atoms with E-state index in [1.165, 1.54) is 40.5 Å². The number of alkyl halides is 3. The maximum atomic E-state index is 12.5. The first-order valence-electron chi connectivity index (χ1n) is 8.37. The third kappa shape index (κ3) is 5.10. The zero-order valence-corrected chi connectivity index (χ0v) is 15.3. The van der Waals surface area contributed by atoms with Crippen molar-refractivity contribution < 1.29 is 27.5 Å². The van der Waals surface area contributed by atoms with Gasteiger partial charge in [-0.2, -0.15) is 0 Å². The lowest BCUT2D eigenvalue weighted by atomic mass is 10.1. The molecule has 0 saturated carbocycles. The average Bonchev–Trinajstić information content (AvgIpc) is 3.31. The van der Waals surface area contributed by atoms with Gasteiger partial charge in [0.25, 0.3) is 0 Å². The van der Waals surface area contributed by atoms with Gasteiger partial charge in [0.2, 0.25) is 11.8 Å². The van der Waals surface area contributed by atoms with Crippen LogP contribution in [0.2, 0.25) is 0 Å². The van der Waals surface area contributed by atoms with Gasteiger partial charge in [-0.25, -0.2) is 4.98 Å². The number of anilines is 1. The molecule has 0 spiro atoms. The van der Waals surface area contributed by atoms with Crippen molar-refractivity contribution in [1.29, 1.82) is 0 Å². The number of hydrogen-bond donors (Lipinski definition) is 1. The zero-order valence-electron chi connectivity index (χ0n) is 14.5. The molecule has 1 saturated heterocycles. The molecule has 1 fully saturated rings. The second-order valence-electron chi connectivity index (χ2n) is 5.94. The molecule has 0 radical (unpaired) electrons. The van der Waals surface area contributed by atoms with Crippen LogP contribution in [0.3, 0.4) is 0 Å². The molecular weight excluding hydrogens is 395 g/mol. The lowest BCUT2D eigenvalue weighted by Gasteiger charge is -2.22. The van der Waals surface area contributed by atoms with Crippen molar-refractivity contribution in [2.45, 2.75) is 25.2 Å². The highest BCUT2D eigenvalue weighted by Crippen LogP contribution is 2.27. The number of likely N-dealkylation sites (tertiary alicyclic amines) is 1. The van der Waals surface area contributed by atoms with E-state index in [1.54, 1.807) is 11.6 Å². The van der Waals surface area contributed by atoms with Crippen LogP contribution in [0.15, 0.2) is 41.9 Å². The minimum absolute atomic E-state index is 0.108. The second kappa shape index (κ2) is 8.42. The lowest BCUT2D eigenvalue weighted by molar-refractivity contribution is -0.274. The highest BCUT2D eigenvalue weighted by atomic mass is 32.1. The van der Waals surface area contributed by atoms with E-state index in [1.807, 2.05) is 0 Å². The van der Waals surface area contributed by atoms with Gasteiger partial charge in [0, 0.05) is 29.8 Å². The predicted octanol–water partition coefficient (Wildman–Crippen LogP) is 3.68. The molecule has 0 aliphatic carbocycles. The molecule has 1 aromatic heterocycles. The van der Waals surface area contributed by atoms with E-state index in [0.717, 1.165) is 12.1 Å². The molecule has 148 valence electrons. The molecule has 6 nitrogen and oxygen atoms in total. The molecule has 2 aromatic rings. The van der Waals surface area contributed by atoms with Crippen molar-refractivity contribution in [2.24, 2.45) is 0 Å². The molecule has 1 unspecified atom stereocenters. The predicted molar refractivity (Wildman–Crippen MR) is 97.6 cm³/mol. The Morgan fingerprint density at radius 2 is 2.11 bits per heavy atom. The second-order valence-corrected chi connectivity index (χ2v) is 6.83. The lowest BCUT2D eigenvalue weighted by Crippen LogP contribution is -2.42. The maximum Gasteiger partial charge on any atom is 0.573 e. The molecule has 1 aliphatic rings. The van der Waals surface area contributed by atoms with Gasteiger partial charge in [-0.15, -0.1) is 24.5 Å². The van der Waals surface area contributed by atoms with Crippen LogP contribution in [-0.2, 0) is 9.59 Å². The van der Waals surface area contributed by atoms with Crippen LogP contribution in [0.5, 0.6) is 5.75 Å². The zero-order chi connectivity index (χ0) is 20.1. The summed E-state index contributed by atoms with van der Waals surface area (Å²) in [6.45, 7) is 0.389. The van der Waals surface area contributed by atoms with Crippen LogP contribution >= 0.6 is 11.3 Å². The van der Waals surface area contributed by atoms with Gasteiger partial charge in [-0.3, -0.25) is 9.59 Å². The largest absolute Gasteiger partial charge is 0.573 e. The molecule has 0 bridgehead atoms. The number of nitrogens with zero attached hydrogens (tertiary/aromatic N) is 2. The van der Waals surface area contributed by atoms with Gasteiger partial charge in [0.15, 0.2) is 5.13 Å². The Morgan fingerprint density at radius 3 is 2.82 bits per heavy atom. The number of amides is 2. The van der Waals surface area contributed by atoms with E-state index in [-0.39, 0.29) is 11.5 Å². The van der Waals surface area contributed by atoms with Crippen LogP contribution in [0.4, 0.5) is 18.3 Å². The monoisotopic (exact) mass is 411 g/mol. The first-order valence-corrected chi connectivity index (χ1v) is 9.25. The maximum absolute atomic E-state index is 12.5. The molecule has 1 atom stereocenters. The van der Waals surface area contributed by atoms with E-state index < -0.39 is 24.1 Å². The minimum Gasteiger partial charge on any atom is -0.405 e. The van der Waals surface area contributed by atoms with E-state index >= 15 is 0 Å². The van der Waals surface area contributed by atoms with Crippen LogP contribution in [0.1, 0.15) is 18.4 Å². The number of carbonyl (C=O) groups excluding carboxylic acids is 2. The Morgan fingerprint density at radius 1 is 1.32 bits per heavy atom. The Hall–Kier alpha value is -2.88. The van der Waals surface area contributed by atoms with Gasteiger partial charge < -0.3 is 15.0 Å². The fourth-order valence-electron chi connectivity index (χ4n) is 2.87. The molecule has 1 aromatic carbocycles. The van der Waals surface area contributed by atoms with Gasteiger partial charge in [0.05, 0.1) is 0 Å².